The topological polar surface area (TPSA) is 87.1 Å². The van der Waals surface area contributed by atoms with E-state index in [2.05, 4.69) is 4.74 Å². The average molecular weight is 189 g/mol. The molecule has 6 nitrogen and oxygen atoms in total. The van der Waals surface area contributed by atoms with E-state index in [0.717, 1.165) is 4.90 Å². The highest BCUT2D eigenvalue weighted by molar-refractivity contribution is 5.80. The number of carbonyl (C=O) groups is 2. The number of rotatable bonds is 1. The van der Waals surface area contributed by atoms with Crippen molar-refractivity contribution in [2.45, 2.75) is 18.6 Å². The lowest BCUT2D eigenvalue weighted by molar-refractivity contribution is -0.141. The smallest absolute Gasteiger partial charge is 0.410 e. The van der Waals surface area contributed by atoms with E-state index in [1.165, 1.54) is 7.11 Å². The van der Waals surface area contributed by atoms with Crippen molar-refractivity contribution in [2.75, 3.05) is 13.7 Å². The molecule has 0 aromatic rings. The van der Waals surface area contributed by atoms with E-state index in [1.54, 1.807) is 0 Å². The highest BCUT2D eigenvalue weighted by atomic mass is 16.5. The summed E-state index contributed by atoms with van der Waals surface area (Å²) in [6, 6.07) is -0.970. The number of carboxylic acids is 1. The summed E-state index contributed by atoms with van der Waals surface area (Å²) in [4.78, 5) is 22.6. The number of nitrogens with zero attached hydrogens (tertiary/aromatic N) is 1. The molecule has 1 amide bonds. The standard InChI is InChI=1S/C7H11NO5/c1-13-7(12)8-3-4(9)2-5(8)6(10)11/h4-5,9H,2-3H2,1H3,(H,10,11)/t4-,5-/m1/s1. The van der Waals surface area contributed by atoms with Gasteiger partial charge < -0.3 is 14.9 Å². The van der Waals surface area contributed by atoms with Crippen LogP contribution in [0.1, 0.15) is 6.42 Å². The summed E-state index contributed by atoms with van der Waals surface area (Å²) >= 11 is 0. The van der Waals surface area contributed by atoms with Gasteiger partial charge in [0.25, 0.3) is 0 Å². The maximum Gasteiger partial charge on any atom is 0.410 e. The second-order valence-corrected chi connectivity index (χ2v) is 2.87. The van der Waals surface area contributed by atoms with Gasteiger partial charge in [0.15, 0.2) is 0 Å². The van der Waals surface area contributed by atoms with Crippen LogP contribution in [0.25, 0.3) is 0 Å². The van der Waals surface area contributed by atoms with Crippen LogP contribution < -0.4 is 0 Å². The lowest BCUT2D eigenvalue weighted by Gasteiger charge is -2.18. The molecule has 13 heavy (non-hydrogen) atoms. The van der Waals surface area contributed by atoms with Crippen LogP contribution in [0, 0.1) is 0 Å². The Balaban J connectivity index is 2.71. The lowest BCUT2D eigenvalue weighted by atomic mass is 10.2. The molecule has 0 aromatic carbocycles. The number of amides is 1. The van der Waals surface area contributed by atoms with Gasteiger partial charge >= 0.3 is 12.1 Å². The maximum atomic E-state index is 11.0. The van der Waals surface area contributed by atoms with Gasteiger partial charge in [-0.2, -0.15) is 0 Å². The first-order valence-corrected chi connectivity index (χ1v) is 3.81. The van der Waals surface area contributed by atoms with Crippen LogP contribution in [-0.2, 0) is 9.53 Å². The first-order valence-electron chi connectivity index (χ1n) is 3.81. The number of aliphatic carboxylic acids is 1. The van der Waals surface area contributed by atoms with E-state index in [9.17, 15) is 9.59 Å². The van der Waals surface area contributed by atoms with Crippen molar-refractivity contribution in [1.29, 1.82) is 0 Å². The molecule has 0 aliphatic carbocycles. The number of hydrogen-bond donors (Lipinski definition) is 2. The summed E-state index contributed by atoms with van der Waals surface area (Å²) in [6.07, 6.45) is -1.44. The predicted octanol–water partition coefficient (Wildman–Crippen LogP) is -0.727. The quantitative estimate of drug-likeness (QED) is 0.568. The number of aliphatic hydroxyl groups is 1. The van der Waals surface area contributed by atoms with Gasteiger partial charge in [0.05, 0.1) is 19.8 Å². The Labute approximate surface area is 74.7 Å². The van der Waals surface area contributed by atoms with Gasteiger partial charge in [-0.1, -0.05) is 0 Å². The zero-order valence-corrected chi connectivity index (χ0v) is 7.14. The highest BCUT2D eigenvalue weighted by Crippen LogP contribution is 2.18. The molecule has 1 heterocycles. The summed E-state index contributed by atoms with van der Waals surface area (Å²) in [7, 11) is 1.17. The fraction of sp³-hybridized carbons (Fsp3) is 0.714. The number of hydrogen-bond acceptors (Lipinski definition) is 4. The molecular weight excluding hydrogens is 178 g/mol. The van der Waals surface area contributed by atoms with Crippen LogP contribution in [0.3, 0.4) is 0 Å². The van der Waals surface area contributed by atoms with Crippen LogP contribution in [0.5, 0.6) is 0 Å². The molecule has 1 aliphatic heterocycles. The predicted molar refractivity (Wildman–Crippen MR) is 41.2 cm³/mol. The SMILES string of the molecule is COC(=O)N1C[C@H](O)C[C@@H]1C(=O)O. The van der Waals surface area contributed by atoms with Gasteiger partial charge in [-0.15, -0.1) is 0 Å². The van der Waals surface area contributed by atoms with Crippen molar-refractivity contribution < 1.29 is 24.5 Å². The molecule has 0 aromatic heterocycles. The summed E-state index contributed by atoms with van der Waals surface area (Å²) in [5.41, 5.74) is 0. The van der Waals surface area contributed by atoms with E-state index < -0.39 is 24.2 Å². The van der Waals surface area contributed by atoms with Gasteiger partial charge in [-0.25, -0.2) is 9.59 Å². The first-order chi connectivity index (χ1) is 6.06. The Morgan fingerprint density at radius 1 is 1.54 bits per heavy atom. The van der Waals surface area contributed by atoms with Crippen molar-refractivity contribution in [3.8, 4) is 0 Å². The van der Waals surface area contributed by atoms with Crippen molar-refractivity contribution in [1.82, 2.24) is 4.90 Å². The van der Waals surface area contributed by atoms with E-state index in [1.807, 2.05) is 0 Å². The molecule has 1 fully saturated rings. The minimum atomic E-state index is -1.12. The highest BCUT2D eigenvalue weighted by Gasteiger charge is 2.39. The summed E-state index contributed by atoms with van der Waals surface area (Å²) < 4.78 is 4.38. The molecule has 0 radical (unpaired) electrons. The van der Waals surface area contributed by atoms with Crippen LogP contribution in [-0.4, -0.2) is 53.0 Å². The Hall–Kier alpha value is -1.30. The van der Waals surface area contributed by atoms with Crippen molar-refractivity contribution in [3.63, 3.8) is 0 Å². The Morgan fingerprint density at radius 2 is 2.15 bits per heavy atom. The lowest BCUT2D eigenvalue weighted by Crippen LogP contribution is -2.40. The molecular formula is C7H11NO5. The molecule has 1 saturated heterocycles. The van der Waals surface area contributed by atoms with Crippen molar-refractivity contribution >= 4 is 12.1 Å². The van der Waals surface area contributed by atoms with Crippen LogP contribution in [0.2, 0.25) is 0 Å². The Morgan fingerprint density at radius 3 is 2.62 bits per heavy atom. The second kappa shape index (κ2) is 3.61. The summed E-state index contributed by atoms with van der Waals surface area (Å²) in [5, 5.41) is 17.8. The third-order valence-corrected chi connectivity index (χ3v) is 1.97. The van der Waals surface area contributed by atoms with E-state index in [0.29, 0.717) is 0 Å². The first kappa shape index (κ1) is 9.79. The molecule has 6 heteroatoms. The molecule has 2 N–H and O–H groups in total. The van der Waals surface area contributed by atoms with E-state index >= 15 is 0 Å². The summed E-state index contributed by atoms with van der Waals surface area (Å²) in [5.74, 6) is -1.12. The largest absolute Gasteiger partial charge is 0.480 e. The molecule has 0 spiro atoms. The molecule has 74 valence electrons. The van der Waals surface area contributed by atoms with Gasteiger partial charge in [-0.05, 0) is 0 Å². The minimum Gasteiger partial charge on any atom is -0.480 e. The van der Waals surface area contributed by atoms with E-state index in [-0.39, 0.29) is 13.0 Å². The van der Waals surface area contributed by atoms with Gasteiger partial charge in [-0.3, -0.25) is 4.90 Å². The zero-order valence-electron chi connectivity index (χ0n) is 7.14. The van der Waals surface area contributed by atoms with Crippen molar-refractivity contribution in [2.24, 2.45) is 0 Å². The molecule has 0 saturated carbocycles. The normalized spacial score (nSPS) is 27.4. The molecule has 0 bridgehead atoms. The van der Waals surface area contributed by atoms with Gasteiger partial charge in [0.1, 0.15) is 6.04 Å². The molecule has 1 rings (SSSR count). The van der Waals surface area contributed by atoms with Crippen molar-refractivity contribution in [3.05, 3.63) is 0 Å². The van der Waals surface area contributed by atoms with Gasteiger partial charge in [0.2, 0.25) is 0 Å². The van der Waals surface area contributed by atoms with E-state index in [4.69, 9.17) is 10.2 Å². The Bertz CT molecular complexity index is 229. The van der Waals surface area contributed by atoms with Gasteiger partial charge in [0, 0.05) is 6.42 Å². The fourth-order valence-electron chi connectivity index (χ4n) is 1.37. The van der Waals surface area contributed by atoms with Crippen LogP contribution in [0.15, 0.2) is 0 Å². The number of β-amino-alcohol motifs (C(OH)–C–C–N with tert-alkyl or cyclic N) is 1. The molecule has 1 aliphatic rings. The molecule has 0 unspecified atom stereocenters. The number of carbonyl (C=O) groups excluding carboxylic acids is 1. The van der Waals surface area contributed by atoms with Crippen LogP contribution >= 0.6 is 0 Å². The number of ether oxygens (including phenoxy) is 1. The summed E-state index contributed by atoms with van der Waals surface area (Å²) in [6.45, 7) is 0.0175. The number of likely N-dealkylation sites (tertiary alicyclic amines) is 1. The monoisotopic (exact) mass is 189 g/mol. The minimum absolute atomic E-state index is 0.0175. The second-order valence-electron chi connectivity index (χ2n) is 2.87. The Kier molecular flexibility index (Phi) is 2.72. The van der Waals surface area contributed by atoms with Crippen LogP contribution in [0.4, 0.5) is 4.79 Å². The number of aliphatic hydroxyl groups excluding tert-OH is 1. The third kappa shape index (κ3) is 1.89. The third-order valence-electron chi connectivity index (χ3n) is 1.97. The fourth-order valence-corrected chi connectivity index (χ4v) is 1.37. The maximum absolute atomic E-state index is 11.0. The number of carboxylic acid groups (broad SMARTS) is 1. The average Bonchev–Trinajstić information content (AvgIpc) is 2.46. The molecule has 2 atom stereocenters. The number of methoxy groups -OCH3 is 1. The zero-order chi connectivity index (χ0) is 10.0.